The van der Waals surface area contributed by atoms with Crippen molar-refractivity contribution in [2.45, 2.75) is 5.75 Å². The number of hydrogen-bond donors (Lipinski definition) is 2. The number of thioether (sulfide) groups is 1. The van der Waals surface area contributed by atoms with E-state index >= 15 is 0 Å². The predicted molar refractivity (Wildman–Crippen MR) is 65.1 cm³/mol. The highest BCUT2D eigenvalue weighted by atomic mass is 35.5. The zero-order chi connectivity index (χ0) is 11.3. The second-order valence-electron chi connectivity index (χ2n) is 2.71. The summed E-state index contributed by atoms with van der Waals surface area (Å²) in [6, 6.07) is 5.42. The number of nitrogens with zero attached hydrogens (tertiary/aromatic N) is 1. The maximum absolute atomic E-state index is 5.87. The van der Waals surface area contributed by atoms with E-state index < -0.39 is 0 Å². The van der Waals surface area contributed by atoms with Crippen molar-refractivity contribution in [2.75, 3.05) is 7.11 Å². The first kappa shape index (κ1) is 12.0. The number of hydrazone groups is 1. The molecular formula is C9H12ClN3OS. The summed E-state index contributed by atoms with van der Waals surface area (Å²) in [5.74, 6) is 6.42. The minimum atomic E-state index is 0.331. The van der Waals surface area contributed by atoms with Gasteiger partial charge in [0.05, 0.1) is 7.11 Å². The second kappa shape index (κ2) is 5.72. The molecule has 0 amide bonds. The summed E-state index contributed by atoms with van der Waals surface area (Å²) in [4.78, 5) is 0. The van der Waals surface area contributed by atoms with Gasteiger partial charge < -0.3 is 16.3 Å². The molecule has 0 saturated heterocycles. The fourth-order valence-corrected chi connectivity index (χ4v) is 1.85. The number of benzene rings is 1. The lowest BCUT2D eigenvalue weighted by molar-refractivity contribution is 0.411. The first-order valence-corrected chi connectivity index (χ1v) is 5.52. The van der Waals surface area contributed by atoms with Crippen molar-refractivity contribution in [2.24, 2.45) is 16.7 Å². The molecular weight excluding hydrogens is 234 g/mol. The van der Waals surface area contributed by atoms with Gasteiger partial charge in [-0.1, -0.05) is 23.4 Å². The Morgan fingerprint density at radius 3 is 2.93 bits per heavy atom. The molecule has 0 bridgehead atoms. The van der Waals surface area contributed by atoms with Crippen LogP contribution in [0.2, 0.25) is 5.02 Å². The molecule has 0 radical (unpaired) electrons. The van der Waals surface area contributed by atoms with Crippen LogP contribution in [0.4, 0.5) is 0 Å². The molecule has 0 fully saturated rings. The molecule has 0 aromatic heterocycles. The summed E-state index contributed by atoms with van der Waals surface area (Å²) in [6.45, 7) is 0. The van der Waals surface area contributed by atoms with Crippen LogP contribution in [0.15, 0.2) is 23.3 Å². The SMILES string of the molecule is COc1ccc(Cl)cc1CSC(N)=NN. The number of halogens is 1. The van der Waals surface area contributed by atoms with Crippen LogP contribution in [0.25, 0.3) is 0 Å². The molecule has 6 heteroatoms. The molecule has 15 heavy (non-hydrogen) atoms. The smallest absolute Gasteiger partial charge is 0.177 e. The predicted octanol–water partition coefficient (Wildman–Crippen LogP) is 1.77. The highest BCUT2D eigenvalue weighted by molar-refractivity contribution is 8.13. The molecule has 0 aliphatic carbocycles. The lowest BCUT2D eigenvalue weighted by Gasteiger charge is -2.07. The maximum atomic E-state index is 5.87. The standard InChI is InChI=1S/C9H12ClN3OS/c1-14-8-3-2-7(10)4-6(8)5-15-9(11)13-12/h2-4H,5,12H2,1H3,(H2,11,13). The summed E-state index contributed by atoms with van der Waals surface area (Å²) in [5.41, 5.74) is 6.42. The largest absolute Gasteiger partial charge is 0.496 e. The summed E-state index contributed by atoms with van der Waals surface area (Å²) in [7, 11) is 1.61. The Kier molecular flexibility index (Phi) is 4.58. The average Bonchev–Trinajstić information content (AvgIpc) is 2.26. The van der Waals surface area contributed by atoms with E-state index in [4.69, 9.17) is 27.9 Å². The number of hydrogen-bond acceptors (Lipinski definition) is 4. The Morgan fingerprint density at radius 1 is 1.60 bits per heavy atom. The van der Waals surface area contributed by atoms with Crippen molar-refractivity contribution < 1.29 is 4.74 Å². The fraction of sp³-hybridized carbons (Fsp3) is 0.222. The van der Waals surface area contributed by atoms with Crippen LogP contribution in [0, 0.1) is 0 Å². The Morgan fingerprint density at radius 2 is 2.33 bits per heavy atom. The van der Waals surface area contributed by atoms with E-state index in [0.29, 0.717) is 15.9 Å². The summed E-state index contributed by atoms with van der Waals surface area (Å²) in [5, 5.41) is 4.36. The van der Waals surface area contributed by atoms with Gasteiger partial charge in [-0.15, -0.1) is 0 Å². The Hall–Kier alpha value is -1.07. The Balaban J connectivity index is 2.78. The lowest BCUT2D eigenvalue weighted by Crippen LogP contribution is -2.09. The topological polar surface area (TPSA) is 73.6 Å². The van der Waals surface area contributed by atoms with E-state index in [-0.39, 0.29) is 0 Å². The fourth-order valence-electron chi connectivity index (χ4n) is 1.05. The molecule has 4 N–H and O–H groups in total. The van der Waals surface area contributed by atoms with Gasteiger partial charge in [0.15, 0.2) is 5.17 Å². The molecule has 1 aromatic rings. The van der Waals surface area contributed by atoms with Crippen molar-refractivity contribution in [3.8, 4) is 5.75 Å². The van der Waals surface area contributed by atoms with Gasteiger partial charge >= 0.3 is 0 Å². The number of rotatable bonds is 3. The van der Waals surface area contributed by atoms with E-state index in [1.54, 1.807) is 13.2 Å². The van der Waals surface area contributed by atoms with Gasteiger partial charge in [-0.05, 0) is 18.2 Å². The van der Waals surface area contributed by atoms with Crippen LogP contribution >= 0.6 is 23.4 Å². The molecule has 0 heterocycles. The molecule has 1 rings (SSSR count). The first-order chi connectivity index (χ1) is 7.17. The third kappa shape index (κ3) is 3.53. The van der Waals surface area contributed by atoms with Crippen molar-refractivity contribution in [1.29, 1.82) is 0 Å². The number of methoxy groups -OCH3 is 1. The Bertz CT molecular complexity index is 370. The zero-order valence-corrected chi connectivity index (χ0v) is 9.81. The molecule has 0 atom stereocenters. The van der Waals surface area contributed by atoms with Crippen LogP contribution in [-0.4, -0.2) is 12.3 Å². The molecule has 0 spiro atoms. The second-order valence-corrected chi connectivity index (χ2v) is 4.14. The van der Waals surface area contributed by atoms with E-state index in [0.717, 1.165) is 11.3 Å². The number of ether oxygens (including phenoxy) is 1. The van der Waals surface area contributed by atoms with Gasteiger partial charge in [0.25, 0.3) is 0 Å². The van der Waals surface area contributed by atoms with Crippen LogP contribution in [-0.2, 0) is 5.75 Å². The lowest BCUT2D eigenvalue weighted by atomic mass is 10.2. The minimum absolute atomic E-state index is 0.331. The van der Waals surface area contributed by atoms with Crippen molar-refractivity contribution in [3.05, 3.63) is 28.8 Å². The first-order valence-electron chi connectivity index (χ1n) is 4.16. The molecule has 0 aliphatic heterocycles. The van der Waals surface area contributed by atoms with Crippen LogP contribution in [0.5, 0.6) is 5.75 Å². The van der Waals surface area contributed by atoms with Crippen molar-refractivity contribution in [3.63, 3.8) is 0 Å². The highest BCUT2D eigenvalue weighted by Gasteiger charge is 2.05. The van der Waals surface area contributed by atoms with Gasteiger partial charge in [-0.2, -0.15) is 5.10 Å². The zero-order valence-electron chi connectivity index (χ0n) is 8.24. The van der Waals surface area contributed by atoms with Crippen LogP contribution in [0.3, 0.4) is 0 Å². The third-order valence-corrected chi connectivity index (χ3v) is 2.84. The van der Waals surface area contributed by atoms with Gasteiger partial charge in [0.1, 0.15) is 5.75 Å². The van der Waals surface area contributed by atoms with E-state index in [1.165, 1.54) is 11.8 Å². The third-order valence-electron chi connectivity index (χ3n) is 1.75. The van der Waals surface area contributed by atoms with Gasteiger partial charge in [-0.25, -0.2) is 0 Å². The van der Waals surface area contributed by atoms with Crippen LogP contribution in [0.1, 0.15) is 5.56 Å². The normalized spacial score (nSPS) is 11.5. The van der Waals surface area contributed by atoms with Crippen LogP contribution < -0.4 is 16.3 Å². The average molecular weight is 246 g/mol. The quantitative estimate of drug-likeness (QED) is 0.368. The maximum Gasteiger partial charge on any atom is 0.177 e. The number of nitrogens with two attached hydrogens (primary N) is 2. The molecule has 4 nitrogen and oxygen atoms in total. The van der Waals surface area contributed by atoms with Gasteiger partial charge in [0, 0.05) is 16.3 Å². The Labute approximate surface area is 97.6 Å². The van der Waals surface area contributed by atoms with Crippen molar-refractivity contribution in [1.82, 2.24) is 0 Å². The molecule has 1 aromatic carbocycles. The highest BCUT2D eigenvalue weighted by Crippen LogP contribution is 2.26. The summed E-state index contributed by atoms with van der Waals surface area (Å²) in [6.07, 6.45) is 0. The van der Waals surface area contributed by atoms with E-state index in [1.807, 2.05) is 12.1 Å². The molecule has 0 aliphatic rings. The molecule has 0 saturated carbocycles. The van der Waals surface area contributed by atoms with E-state index in [9.17, 15) is 0 Å². The molecule has 0 unspecified atom stereocenters. The summed E-state index contributed by atoms with van der Waals surface area (Å²) < 4.78 is 5.18. The van der Waals surface area contributed by atoms with E-state index in [2.05, 4.69) is 5.10 Å². The minimum Gasteiger partial charge on any atom is -0.496 e. The monoisotopic (exact) mass is 245 g/mol. The van der Waals surface area contributed by atoms with Crippen molar-refractivity contribution >= 4 is 28.5 Å². The molecule has 82 valence electrons. The van der Waals surface area contributed by atoms with Gasteiger partial charge in [-0.3, -0.25) is 0 Å². The van der Waals surface area contributed by atoms with Gasteiger partial charge in [0.2, 0.25) is 0 Å². The number of amidine groups is 1. The summed E-state index contributed by atoms with van der Waals surface area (Å²) >= 11 is 7.20.